The molecule has 1 aromatic rings. The Balaban J connectivity index is 2.64. The summed E-state index contributed by atoms with van der Waals surface area (Å²) in [5.74, 6) is 0.565. The van der Waals surface area contributed by atoms with Crippen LogP contribution in [0.25, 0.3) is 0 Å². The molecule has 4 nitrogen and oxygen atoms in total. The zero-order chi connectivity index (χ0) is 12.7. The zero-order valence-corrected chi connectivity index (χ0v) is 10.6. The van der Waals surface area contributed by atoms with Crippen LogP contribution >= 0.6 is 0 Å². The van der Waals surface area contributed by atoms with Crippen molar-refractivity contribution in [3.05, 3.63) is 23.8 Å². The Kier molecular flexibility index (Phi) is 5.33. The van der Waals surface area contributed by atoms with E-state index in [-0.39, 0.29) is 5.97 Å². The quantitative estimate of drug-likeness (QED) is 0.771. The second-order valence-corrected chi connectivity index (χ2v) is 3.64. The average Bonchev–Trinajstić information content (AvgIpc) is 2.38. The fourth-order valence-electron chi connectivity index (χ4n) is 1.51. The van der Waals surface area contributed by atoms with Gasteiger partial charge in [0.1, 0.15) is 5.75 Å². The molecule has 94 valence electrons. The molecule has 0 radical (unpaired) electrons. The number of methoxy groups -OCH3 is 2. The molecule has 1 aromatic carbocycles. The molecular formula is C13H19NO3. The van der Waals surface area contributed by atoms with Gasteiger partial charge in [-0.3, -0.25) is 4.79 Å². The number of hydrogen-bond donors (Lipinski definition) is 1. The largest absolute Gasteiger partial charge is 0.495 e. The number of aryl methyl sites for hydroxylation is 1. The highest BCUT2D eigenvalue weighted by Crippen LogP contribution is 2.25. The SMILES string of the molecule is CCc1ccc(OC)c(NCCC(=O)OC)c1. The minimum absolute atomic E-state index is 0.219. The highest BCUT2D eigenvalue weighted by atomic mass is 16.5. The molecule has 1 N–H and O–H groups in total. The summed E-state index contributed by atoms with van der Waals surface area (Å²) in [6.45, 7) is 2.64. The molecule has 17 heavy (non-hydrogen) atoms. The Bertz CT molecular complexity index is 377. The van der Waals surface area contributed by atoms with E-state index in [4.69, 9.17) is 4.74 Å². The highest BCUT2D eigenvalue weighted by Gasteiger charge is 2.05. The molecule has 0 bridgehead atoms. The average molecular weight is 237 g/mol. The standard InChI is InChI=1S/C13H19NO3/c1-4-10-5-6-12(16-2)11(9-10)14-8-7-13(15)17-3/h5-6,9,14H,4,7-8H2,1-3H3. The van der Waals surface area contributed by atoms with Crippen molar-refractivity contribution in [2.24, 2.45) is 0 Å². The fourth-order valence-corrected chi connectivity index (χ4v) is 1.51. The number of hydrogen-bond acceptors (Lipinski definition) is 4. The van der Waals surface area contributed by atoms with Crippen molar-refractivity contribution >= 4 is 11.7 Å². The molecule has 4 heteroatoms. The summed E-state index contributed by atoms with van der Waals surface area (Å²) < 4.78 is 9.83. The van der Waals surface area contributed by atoms with Gasteiger partial charge in [0, 0.05) is 6.54 Å². The van der Waals surface area contributed by atoms with Gasteiger partial charge >= 0.3 is 5.97 Å². The van der Waals surface area contributed by atoms with Crippen LogP contribution in [0.1, 0.15) is 18.9 Å². The first-order valence-corrected chi connectivity index (χ1v) is 5.68. The molecule has 0 aromatic heterocycles. The van der Waals surface area contributed by atoms with Gasteiger partial charge in [-0.15, -0.1) is 0 Å². The third-order valence-electron chi connectivity index (χ3n) is 2.54. The van der Waals surface area contributed by atoms with E-state index in [2.05, 4.69) is 17.0 Å². The van der Waals surface area contributed by atoms with Crippen LogP contribution in [-0.2, 0) is 16.0 Å². The lowest BCUT2D eigenvalue weighted by molar-refractivity contribution is -0.140. The Morgan fingerprint density at radius 2 is 2.12 bits per heavy atom. The summed E-state index contributed by atoms with van der Waals surface area (Å²) in [4.78, 5) is 11.0. The molecule has 0 spiro atoms. The third-order valence-corrected chi connectivity index (χ3v) is 2.54. The van der Waals surface area contributed by atoms with Crippen LogP contribution in [0.2, 0.25) is 0 Å². The molecule has 0 heterocycles. The van der Waals surface area contributed by atoms with Gasteiger partial charge in [0.15, 0.2) is 0 Å². The van der Waals surface area contributed by atoms with E-state index >= 15 is 0 Å². The van der Waals surface area contributed by atoms with Gasteiger partial charge in [-0.05, 0) is 24.1 Å². The topological polar surface area (TPSA) is 47.6 Å². The van der Waals surface area contributed by atoms with Gasteiger partial charge in [-0.25, -0.2) is 0 Å². The van der Waals surface area contributed by atoms with Crippen LogP contribution in [0, 0.1) is 0 Å². The fraction of sp³-hybridized carbons (Fsp3) is 0.462. The minimum atomic E-state index is -0.219. The first-order chi connectivity index (χ1) is 8.21. The summed E-state index contributed by atoms with van der Waals surface area (Å²) in [7, 11) is 3.02. The summed E-state index contributed by atoms with van der Waals surface area (Å²) >= 11 is 0. The van der Waals surface area contributed by atoms with E-state index in [1.165, 1.54) is 12.7 Å². The van der Waals surface area contributed by atoms with Crippen molar-refractivity contribution in [2.75, 3.05) is 26.1 Å². The molecule has 0 saturated heterocycles. The number of rotatable bonds is 6. The van der Waals surface area contributed by atoms with Crippen LogP contribution in [0.4, 0.5) is 5.69 Å². The van der Waals surface area contributed by atoms with Crippen LogP contribution < -0.4 is 10.1 Å². The van der Waals surface area contributed by atoms with E-state index in [0.29, 0.717) is 13.0 Å². The lowest BCUT2D eigenvalue weighted by Crippen LogP contribution is -2.10. The van der Waals surface area contributed by atoms with Crippen molar-refractivity contribution in [3.63, 3.8) is 0 Å². The molecule has 1 rings (SSSR count). The predicted octanol–water partition coefficient (Wildman–Crippen LogP) is 2.23. The summed E-state index contributed by atoms with van der Waals surface area (Å²) in [6.07, 6.45) is 1.31. The van der Waals surface area contributed by atoms with E-state index in [1.807, 2.05) is 18.2 Å². The van der Waals surface area contributed by atoms with Crippen LogP contribution in [-0.4, -0.2) is 26.7 Å². The maximum atomic E-state index is 11.0. The van der Waals surface area contributed by atoms with Crippen molar-refractivity contribution in [1.29, 1.82) is 0 Å². The molecular weight excluding hydrogens is 218 g/mol. The lowest BCUT2D eigenvalue weighted by Gasteiger charge is -2.12. The van der Waals surface area contributed by atoms with Gasteiger partial charge < -0.3 is 14.8 Å². The zero-order valence-electron chi connectivity index (χ0n) is 10.6. The smallest absolute Gasteiger partial charge is 0.307 e. The monoisotopic (exact) mass is 237 g/mol. The first kappa shape index (κ1) is 13.4. The normalized spacial score (nSPS) is 9.82. The number of carbonyl (C=O) groups is 1. The van der Waals surface area contributed by atoms with Gasteiger partial charge in [0.2, 0.25) is 0 Å². The molecule has 0 atom stereocenters. The Morgan fingerprint density at radius 1 is 1.35 bits per heavy atom. The van der Waals surface area contributed by atoms with E-state index in [9.17, 15) is 4.79 Å². The second-order valence-electron chi connectivity index (χ2n) is 3.64. The highest BCUT2D eigenvalue weighted by molar-refractivity contribution is 5.70. The van der Waals surface area contributed by atoms with Crippen molar-refractivity contribution in [3.8, 4) is 5.75 Å². The number of esters is 1. The van der Waals surface area contributed by atoms with Crippen LogP contribution in [0.15, 0.2) is 18.2 Å². The molecule has 0 saturated carbocycles. The van der Waals surface area contributed by atoms with Crippen molar-refractivity contribution < 1.29 is 14.3 Å². The van der Waals surface area contributed by atoms with E-state index in [0.717, 1.165) is 17.9 Å². The van der Waals surface area contributed by atoms with Gasteiger partial charge in [-0.2, -0.15) is 0 Å². The van der Waals surface area contributed by atoms with Crippen molar-refractivity contribution in [2.45, 2.75) is 19.8 Å². The summed E-state index contributed by atoms with van der Waals surface area (Å²) in [5, 5.41) is 3.18. The number of carbonyl (C=O) groups excluding carboxylic acids is 1. The number of ether oxygens (including phenoxy) is 2. The molecule has 0 aliphatic carbocycles. The maximum absolute atomic E-state index is 11.0. The van der Waals surface area contributed by atoms with Gasteiger partial charge in [0.05, 0.1) is 26.3 Å². The number of anilines is 1. The Hall–Kier alpha value is -1.71. The molecule has 0 amide bonds. The van der Waals surface area contributed by atoms with Gasteiger partial charge in [0.25, 0.3) is 0 Å². The maximum Gasteiger partial charge on any atom is 0.307 e. The van der Waals surface area contributed by atoms with Crippen LogP contribution in [0.3, 0.4) is 0 Å². The number of nitrogens with one attached hydrogen (secondary N) is 1. The molecule has 0 fully saturated rings. The Labute approximate surface area is 102 Å². The van der Waals surface area contributed by atoms with Gasteiger partial charge in [-0.1, -0.05) is 13.0 Å². The minimum Gasteiger partial charge on any atom is -0.495 e. The molecule has 0 aliphatic rings. The van der Waals surface area contributed by atoms with E-state index in [1.54, 1.807) is 7.11 Å². The lowest BCUT2D eigenvalue weighted by atomic mass is 10.1. The number of benzene rings is 1. The third kappa shape index (κ3) is 3.98. The van der Waals surface area contributed by atoms with Crippen LogP contribution in [0.5, 0.6) is 5.75 Å². The Morgan fingerprint density at radius 3 is 2.71 bits per heavy atom. The predicted molar refractivity (Wildman–Crippen MR) is 67.5 cm³/mol. The first-order valence-electron chi connectivity index (χ1n) is 5.68. The summed E-state index contributed by atoms with van der Waals surface area (Å²) in [6, 6.07) is 6.00. The summed E-state index contributed by atoms with van der Waals surface area (Å²) in [5.41, 5.74) is 2.14. The molecule has 0 unspecified atom stereocenters. The second kappa shape index (κ2) is 6.78. The van der Waals surface area contributed by atoms with Crippen molar-refractivity contribution in [1.82, 2.24) is 0 Å². The molecule has 0 aliphatic heterocycles. The van der Waals surface area contributed by atoms with E-state index < -0.39 is 0 Å².